The van der Waals surface area contributed by atoms with Crippen LogP contribution < -0.4 is 5.43 Å². The zero-order valence-electron chi connectivity index (χ0n) is 7.26. The summed E-state index contributed by atoms with van der Waals surface area (Å²) in [4.78, 5) is 0. The quantitative estimate of drug-likeness (QED) is 0.622. The molecule has 1 unspecified atom stereocenters. The van der Waals surface area contributed by atoms with Crippen LogP contribution in [-0.4, -0.2) is 25.0 Å². The molecule has 0 bridgehead atoms. The number of nitrogens with one attached hydrogen (secondary N) is 1. The summed E-state index contributed by atoms with van der Waals surface area (Å²) in [5, 5.41) is 4.24. The Hall–Kier alpha value is -0.570. The molecule has 0 spiro atoms. The largest absolute Gasteiger partial charge is 0.375 e. The lowest BCUT2D eigenvalue weighted by Crippen LogP contribution is -2.21. The number of hydrazone groups is 1. The van der Waals surface area contributed by atoms with Gasteiger partial charge >= 0.3 is 0 Å². The van der Waals surface area contributed by atoms with Gasteiger partial charge in [-0.05, 0) is 13.3 Å². The Morgan fingerprint density at radius 1 is 1.73 bits per heavy atom. The van der Waals surface area contributed by atoms with Gasteiger partial charge in [-0.25, -0.2) is 0 Å². The van der Waals surface area contributed by atoms with Crippen molar-refractivity contribution in [1.82, 2.24) is 5.43 Å². The van der Waals surface area contributed by atoms with E-state index >= 15 is 0 Å². The van der Waals surface area contributed by atoms with Gasteiger partial charge in [-0.2, -0.15) is 5.10 Å². The Labute approximate surface area is 67.8 Å². The second-order valence-corrected chi connectivity index (χ2v) is 2.92. The van der Waals surface area contributed by atoms with Crippen LogP contribution in [0.1, 0.15) is 26.7 Å². The topological polar surface area (TPSA) is 33.6 Å². The van der Waals surface area contributed by atoms with Crippen molar-refractivity contribution in [1.29, 1.82) is 0 Å². The number of hydrogen-bond donors (Lipinski definition) is 1. The van der Waals surface area contributed by atoms with Gasteiger partial charge in [0.15, 0.2) is 0 Å². The van der Waals surface area contributed by atoms with Crippen molar-refractivity contribution in [2.24, 2.45) is 5.10 Å². The molecule has 1 atom stereocenters. The van der Waals surface area contributed by atoms with Crippen LogP contribution in [0, 0.1) is 0 Å². The highest BCUT2D eigenvalue weighted by atomic mass is 16.5. The highest BCUT2D eigenvalue weighted by Gasteiger charge is 2.08. The van der Waals surface area contributed by atoms with Gasteiger partial charge in [0.2, 0.25) is 0 Å². The minimum atomic E-state index is 0.475. The number of ether oxygens (including phenoxy) is 1. The maximum atomic E-state index is 5.15. The zero-order chi connectivity index (χ0) is 8.10. The SMILES string of the molecule is CCC(C)N/N=C1\CCOC1. The van der Waals surface area contributed by atoms with Gasteiger partial charge in [-0.3, -0.25) is 0 Å². The fraction of sp³-hybridized carbons (Fsp3) is 0.875. The van der Waals surface area contributed by atoms with Crippen molar-refractivity contribution >= 4 is 5.71 Å². The maximum absolute atomic E-state index is 5.15. The monoisotopic (exact) mass is 156 g/mol. The van der Waals surface area contributed by atoms with E-state index in [9.17, 15) is 0 Å². The molecule has 0 aromatic heterocycles. The smallest absolute Gasteiger partial charge is 0.0867 e. The van der Waals surface area contributed by atoms with Crippen molar-refractivity contribution < 1.29 is 4.74 Å². The van der Waals surface area contributed by atoms with Crippen molar-refractivity contribution in [2.75, 3.05) is 13.2 Å². The van der Waals surface area contributed by atoms with Gasteiger partial charge in [-0.1, -0.05) is 6.92 Å². The second kappa shape index (κ2) is 4.34. The van der Waals surface area contributed by atoms with E-state index in [0.29, 0.717) is 12.6 Å². The Kier molecular flexibility index (Phi) is 3.36. The Bertz CT molecular complexity index is 137. The normalized spacial score (nSPS) is 24.0. The van der Waals surface area contributed by atoms with Crippen LogP contribution in [-0.2, 0) is 4.74 Å². The number of hydrogen-bond acceptors (Lipinski definition) is 3. The third-order valence-corrected chi connectivity index (χ3v) is 1.86. The fourth-order valence-electron chi connectivity index (χ4n) is 0.833. The lowest BCUT2D eigenvalue weighted by molar-refractivity contribution is 0.209. The van der Waals surface area contributed by atoms with Gasteiger partial charge < -0.3 is 10.2 Å². The lowest BCUT2D eigenvalue weighted by atomic mass is 10.3. The summed E-state index contributed by atoms with van der Waals surface area (Å²) < 4.78 is 5.15. The zero-order valence-corrected chi connectivity index (χ0v) is 7.26. The molecule has 1 aliphatic heterocycles. The highest BCUT2D eigenvalue weighted by Crippen LogP contribution is 1.99. The summed E-state index contributed by atoms with van der Waals surface area (Å²) >= 11 is 0. The van der Waals surface area contributed by atoms with Crippen LogP contribution in [0.5, 0.6) is 0 Å². The van der Waals surface area contributed by atoms with E-state index in [2.05, 4.69) is 24.4 Å². The predicted octanol–water partition coefficient (Wildman–Crippen LogP) is 1.15. The molecule has 0 aromatic carbocycles. The molecule has 1 aliphatic rings. The van der Waals surface area contributed by atoms with Crippen LogP contribution in [0.25, 0.3) is 0 Å². The van der Waals surface area contributed by atoms with Gasteiger partial charge in [0.05, 0.1) is 18.9 Å². The van der Waals surface area contributed by atoms with Gasteiger partial charge in [0, 0.05) is 12.5 Å². The number of nitrogens with zero attached hydrogens (tertiary/aromatic N) is 1. The van der Waals surface area contributed by atoms with Gasteiger partial charge in [0.1, 0.15) is 0 Å². The molecule has 1 rings (SSSR count). The average molecular weight is 156 g/mol. The fourth-order valence-corrected chi connectivity index (χ4v) is 0.833. The van der Waals surface area contributed by atoms with Crippen molar-refractivity contribution in [3.05, 3.63) is 0 Å². The summed E-state index contributed by atoms with van der Waals surface area (Å²) in [6.07, 6.45) is 2.10. The third-order valence-electron chi connectivity index (χ3n) is 1.86. The Morgan fingerprint density at radius 3 is 3.09 bits per heavy atom. The minimum Gasteiger partial charge on any atom is -0.375 e. The van der Waals surface area contributed by atoms with Gasteiger partial charge in [-0.15, -0.1) is 0 Å². The van der Waals surface area contributed by atoms with Crippen LogP contribution in [0.15, 0.2) is 5.10 Å². The first-order valence-electron chi connectivity index (χ1n) is 4.21. The molecule has 3 heteroatoms. The minimum absolute atomic E-state index is 0.475. The number of rotatable bonds is 3. The summed E-state index contributed by atoms with van der Waals surface area (Å²) in [7, 11) is 0. The second-order valence-electron chi connectivity index (χ2n) is 2.92. The molecule has 1 N–H and O–H groups in total. The molecule has 3 nitrogen and oxygen atoms in total. The Morgan fingerprint density at radius 2 is 2.55 bits per heavy atom. The van der Waals surface area contributed by atoms with E-state index < -0.39 is 0 Å². The summed E-state index contributed by atoms with van der Waals surface area (Å²) in [6.45, 7) is 5.81. The molecule has 1 saturated heterocycles. The summed E-state index contributed by atoms with van der Waals surface area (Å²) in [5.41, 5.74) is 4.23. The molecule has 0 aliphatic carbocycles. The molecule has 0 radical (unpaired) electrons. The van der Waals surface area contributed by atoms with Crippen molar-refractivity contribution in [3.63, 3.8) is 0 Å². The van der Waals surface area contributed by atoms with Crippen LogP contribution in [0.2, 0.25) is 0 Å². The first-order chi connectivity index (χ1) is 5.33. The first kappa shape index (κ1) is 8.53. The highest BCUT2D eigenvalue weighted by molar-refractivity contribution is 5.86. The summed E-state index contributed by atoms with van der Waals surface area (Å²) in [5.74, 6) is 0. The lowest BCUT2D eigenvalue weighted by Gasteiger charge is -2.07. The van der Waals surface area contributed by atoms with Crippen molar-refractivity contribution in [2.45, 2.75) is 32.7 Å². The van der Waals surface area contributed by atoms with E-state index in [-0.39, 0.29) is 0 Å². The summed E-state index contributed by atoms with van der Waals surface area (Å²) in [6, 6.07) is 0.475. The van der Waals surface area contributed by atoms with E-state index in [1.165, 1.54) is 0 Å². The maximum Gasteiger partial charge on any atom is 0.0867 e. The molecular weight excluding hydrogens is 140 g/mol. The van der Waals surface area contributed by atoms with E-state index in [0.717, 1.165) is 25.2 Å². The molecule has 0 saturated carbocycles. The van der Waals surface area contributed by atoms with Crippen LogP contribution in [0.4, 0.5) is 0 Å². The van der Waals surface area contributed by atoms with E-state index in [4.69, 9.17) is 4.74 Å². The van der Waals surface area contributed by atoms with Crippen LogP contribution in [0.3, 0.4) is 0 Å². The molecule has 11 heavy (non-hydrogen) atoms. The van der Waals surface area contributed by atoms with E-state index in [1.54, 1.807) is 0 Å². The standard InChI is InChI=1S/C8H16N2O/c1-3-7(2)9-10-8-4-5-11-6-8/h7,9H,3-6H2,1-2H3/b10-8+. The predicted molar refractivity (Wildman–Crippen MR) is 45.8 cm³/mol. The Balaban J connectivity index is 2.22. The van der Waals surface area contributed by atoms with E-state index in [1.807, 2.05) is 0 Å². The molecule has 0 aromatic rings. The molecular formula is C8H16N2O. The molecule has 0 amide bonds. The van der Waals surface area contributed by atoms with Crippen LogP contribution >= 0.6 is 0 Å². The first-order valence-corrected chi connectivity index (χ1v) is 4.21. The molecule has 1 heterocycles. The average Bonchev–Trinajstić information content (AvgIpc) is 2.52. The molecule has 1 fully saturated rings. The molecule has 64 valence electrons. The van der Waals surface area contributed by atoms with Gasteiger partial charge in [0.25, 0.3) is 0 Å². The van der Waals surface area contributed by atoms with Crippen molar-refractivity contribution in [3.8, 4) is 0 Å². The third kappa shape index (κ3) is 2.89.